The Morgan fingerprint density at radius 1 is 1.12 bits per heavy atom. The van der Waals surface area contributed by atoms with E-state index in [2.05, 4.69) is 41.0 Å². The Bertz CT molecular complexity index is 347. The molecule has 6 heteroatoms. The highest BCUT2D eigenvalue weighted by Crippen LogP contribution is 2.22. The summed E-state index contributed by atoms with van der Waals surface area (Å²) in [5.41, 5.74) is 11.0. The third-order valence-corrected chi connectivity index (χ3v) is 2.95. The van der Waals surface area contributed by atoms with Gasteiger partial charge in [-0.3, -0.25) is 0 Å². The third-order valence-electron chi connectivity index (χ3n) is 2.95. The van der Waals surface area contributed by atoms with Crippen molar-refractivity contribution in [3.63, 3.8) is 0 Å². The van der Waals surface area contributed by atoms with Crippen LogP contribution in [0.2, 0.25) is 0 Å². The van der Waals surface area contributed by atoms with Crippen molar-refractivity contribution >= 4 is 17.8 Å². The molecule has 1 aromatic rings. The van der Waals surface area contributed by atoms with Crippen LogP contribution in [-0.4, -0.2) is 20.5 Å². The van der Waals surface area contributed by atoms with E-state index in [1.165, 1.54) is 6.42 Å². The van der Waals surface area contributed by atoms with Crippen molar-refractivity contribution in [2.75, 3.05) is 16.8 Å². The van der Waals surface area contributed by atoms with Crippen LogP contribution in [0.4, 0.5) is 17.8 Å². The van der Waals surface area contributed by atoms with Crippen LogP contribution < -0.4 is 16.8 Å². The fourth-order valence-corrected chi connectivity index (χ4v) is 1.63. The first kappa shape index (κ1) is 13.5. The first-order valence-electron chi connectivity index (χ1n) is 6.04. The van der Waals surface area contributed by atoms with Crippen molar-refractivity contribution in [3.05, 3.63) is 0 Å². The molecule has 1 heterocycles. The van der Waals surface area contributed by atoms with Crippen LogP contribution in [0.15, 0.2) is 0 Å². The van der Waals surface area contributed by atoms with Gasteiger partial charge in [0, 0.05) is 5.54 Å². The van der Waals surface area contributed by atoms with Crippen molar-refractivity contribution in [1.82, 2.24) is 15.0 Å². The van der Waals surface area contributed by atoms with Gasteiger partial charge >= 0.3 is 0 Å². The maximum absolute atomic E-state index is 5.54. The number of hydrogen-bond donors (Lipinski definition) is 3. The summed E-state index contributed by atoms with van der Waals surface area (Å²) in [5.74, 6) is 0.748. The molecule has 0 amide bonds. The standard InChI is InChI=1S/C11H22N6/c1-4-6-7-11(3,5-2)17-10-15-8(12)14-9(13)16-10/h4-7H2,1-3H3,(H5,12,13,14,15,16,17). The van der Waals surface area contributed by atoms with Crippen LogP contribution in [0.5, 0.6) is 0 Å². The summed E-state index contributed by atoms with van der Waals surface area (Å²) in [6, 6.07) is 0. The van der Waals surface area contributed by atoms with Crippen molar-refractivity contribution in [2.45, 2.75) is 52.0 Å². The van der Waals surface area contributed by atoms with Gasteiger partial charge in [0.1, 0.15) is 0 Å². The summed E-state index contributed by atoms with van der Waals surface area (Å²) in [5, 5.41) is 3.30. The number of nitrogens with one attached hydrogen (secondary N) is 1. The number of hydrogen-bond acceptors (Lipinski definition) is 6. The number of unbranched alkanes of at least 4 members (excludes halogenated alkanes) is 1. The summed E-state index contributed by atoms with van der Waals surface area (Å²) in [7, 11) is 0. The Balaban J connectivity index is 2.79. The van der Waals surface area contributed by atoms with E-state index in [0.29, 0.717) is 5.95 Å². The second kappa shape index (κ2) is 5.65. The smallest absolute Gasteiger partial charge is 0.229 e. The number of rotatable bonds is 6. The molecule has 0 radical (unpaired) electrons. The van der Waals surface area contributed by atoms with E-state index in [9.17, 15) is 0 Å². The molecule has 0 aromatic carbocycles. The van der Waals surface area contributed by atoms with Gasteiger partial charge < -0.3 is 16.8 Å². The molecule has 0 saturated carbocycles. The number of nitrogens with two attached hydrogens (primary N) is 2. The zero-order chi connectivity index (χ0) is 12.9. The second-order valence-electron chi connectivity index (χ2n) is 4.52. The minimum atomic E-state index is -0.0315. The summed E-state index contributed by atoms with van der Waals surface area (Å²) in [6.07, 6.45) is 4.37. The van der Waals surface area contributed by atoms with E-state index in [0.717, 1.165) is 19.3 Å². The van der Waals surface area contributed by atoms with Gasteiger partial charge in [0.15, 0.2) is 0 Å². The lowest BCUT2D eigenvalue weighted by molar-refractivity contribution is 0.436. The van der Waals surface area contributed by atoms with Gasteiger partial charge in [0.2, 0.25) is 17.8 Å². The number of nitrogens with zero attached hydrogens (tertiary/aromatic N) is 3. The Hall–Kier alpha value is -1.59. The van der Waals surface area contributed by atoms with Crippen molar-refractivity contribution in [1.29, 1.82) is 0 Å². The summed E-state index contributed by atoms with van der Waals surface area (Å²) in [6.45, 7) is 6.46. The second-order valence-corrected chi connectivity index (χ2v) is 4.52. The van der Waals surface area contributed by atoms with Gasteiger partial charge in [-0.15, -0.1) is 0 Å². The fraction of sp³-hybridized carbons (Fsp3) is 0.727. The molecule has 0 fully saturated rings. The molecule has 17 heavy (non-hydrogen) atoms. The van der Waals surface area contributed by atoms with E-state index in [4.69, 9.17) is 11.5 Å². The summed E-state index contributed by atoms with van der Waals surface area (Å²) in [4.78, 5) is 11.8. The number of nitrogen functional groups attached to an aromatic ring is 2. The van der Waals surface area contributed by atoms with Crippen LogP contribution in [0.1, 0.15) is 46.5 Å². The van der Waals surface area contributed by atoms with Crippen molar-refractivity contribution in [2.24, 2.45) is 0 Å². The van der Waals surface area contributed by atoms with Gasteiger partial charge in [-0.2, -0.15) is 15.0 Å². The van der Waals surface area contributed by atoms with Gasteiger partial charge in [-0.25, -0.2) is 0 Å². The van der Waals surface area contributed by atoms with E-state index < -0.39 is 0 Å². The molecule has 96 valence electrons. The van der Waals surface area contributed by atoms with Crippen LogP contribution in [0, 0.1) is 0 Å². The lowest BCUT2D eigenvalue weighted by atomic mass is 9.92. The Kier molecular flexibility index (Phi) is 4.48. The Morgan fingerprint density at radius 2 is 1.71 bits per heavy atom. The highest BCUT2D eigenvalue weighted by Gasteiger charge is 2.22. The van der Waals surface area contributed by atoms with Gasteiger partial charge in [-0.1, -0.05) is 26.7 Å². The average molecular weight is 238 g/mol. The predicted octanol–water partition coefficient (Wildman–Crippen LogP) is 1.81. The van der Waals surface area contributed by atoms with E-state index in [1.54, 1.807) is 0 Å². The Labute approximate surface area is 102 Å². The minimum Gasteiger partial charge on any atom is -0.368 e. The molecule has 0 aliphatic heterocycles. The number of anilines is 3. The molecular formula is C11H22N6. The lowest BCUT2D eigenvalue weighted by Crippen LogP contribution is -2.35. The first-order valence-corrected chi connectivity index (χ1v) is 6.04. The number of aromatic nitrogens is 3. The molecule has 1 aromatic heterocycles. The largest absolute Gasteiger partial charge is 0.368 e. The normalized spacial score (nSPS) is 14.3. The average Bonchev–Trinajstić information content (AvgIpc) is 2.25. The summed E-state index contributed by atoms with van der Waals surface area (Å²) >= 11 is 0. The molecule has 1 rings (SSSR count). The van der Waals surface area contributed by atoms with Crippen LogP contribution in [-0.2, 0) is 0 Å². The minimum absolute atomic E-state index is 0.0315. The zero-order valence-electron chi connectivity index (χ0n) is 10.8. The molecule has 0 bridgehead atoms. The highest BCUT2D eigenvalue weighted by atomic mass is 15.2. The Morgan fingerprint density at radius 3 is 2.18 bits per heavy atom. The monoisotopic (exact) mass is 238 g/mol. The molecule has 0 aliphatic rings. The maximum atomic E-state index is 5.54. The van der Waals surface area contributed by atoms with Gasteiger partial charge in [0.25, 0.3) is 0 Å². The van der Waals surface area contributed by atoms with Crippen LogP contribution >= 0.6 is 0 Å². The highest BCUT2D eigenvalue weighted by molar-refractivity contribution is 5.38. The van der Waals surface area contributed by atoms with Gasteiger partial charge in [-0.05, 0) is 19.8 Å². The van der Waals surface area contributed by atoms with E-state index in [-0.39, 0.29) is 17.4 Å². The maximum Gasteiger partial charge on any atom is 0.229 e. The van der Waals surface area contributed by atoms with Gasteiger partial charge in [0.05, 0.1) is 0 Å². The quantitative estimate of drug-likeness (QED) is 0.698. The lowest BCUT2D eigenvalue weighted by Gasteiger charge is -2.29. The molecular weight excluding hydrogens is 216 g/mol. The molecule has 0 aliphatic carbocycles. The molecule has 1 unspecified atom stereocenters. The van der Waals surface area contributed by atoms with Crippen LogP contribution in [0.25, 0.3) is 0 Å². The molecule has 5 N–H and O–H groups in total. The molecule has 6 nitrogen and oxygen atoms in total. The van der Waals surface area contributed by atoms with E-state index >= 15 is 0 Å². The first-order chi connectivity index (χ1) is 7.99. The topological polar surface area (TPSA) is 103 Å². The molecule has 1 atom stereocenters. The fourth-order valence-electron chi connectivity index (χ4n) is 1.63. The van der Waals surface area contributed by atoms with Crippen molar-refractivity contribution < 1.29 is 0 Å². The SMILES string of the molecule is CCCCC(C)(CC)Nc1nc(N)nc(N)n1. The predicted molar refractivity (Wildman–Crippen MR) is 70.5 cm³/mol. The van der Waals surface area contributed by atoms with Crippen LogP contribution in [0.3, 0.4) is 0 Å². The third kappa shape index (κ3) is 4.05. The van der Waals surface area contributed by atoms with Crippen molar-refractivity contribution in [3.8, 4) is 0 Å². The zero-order valence-corrected chi connectivity index (χ0v) is 10.8. The summed E-state index contributed by atoms with van der Waals surface area (Å²) < 4.78 is 0. The molecule has 0 spiro atoms. The molecule has 0 saturated heterocycles. The van der Waals surface area contributed by atoms with E-state index in [1.807, 2.05) is 0 Å².